The largest absolute Gasteiger partial charge is 0.360 e. The Labute approximate surface area is 145 Å². The van der Waals surface area contributed by atoms with Crippen LogP contribution in [0, 0.1) is 0 Å². The van der Waals surface area contributed by atoms with Gasteiger partial charge in [-0.15, -0.1) is 0 Å². The Morgan fingerprint density at radius 3 is 2.62 bits per heavy atom. The number of nitrogens with zero attached hydrogens (tertiary/aromatic N) is 1. The Bertz CT molecular complexity index is 710. The quantitative estimate of drug-likeness (QED) is 0.746. The number of Topliss-reactive ketones (excluding diaryl/α,β-unsaturated/α-hetero) is 1. The van der Waals surface area contributed by atoms with Crippen molar-refractivity contribution in [3.8, 4) is 0 Å². The molecule has 0 radical (unpaired) electrons. The SMILES string of the molecule is CCCN(CCC)C1CCc2c(ccc3[nH]cc(C(=O)CC)c23)C1. The Hall–Kier alpha value is -1.61. The van der Waals surface area contributed by atoms with E-state index in [0.717, 1.165) is 23.9 Å². The first-order chi connectivity index (χ1) is 11.7. The summed E-state index contributed by atoms with van der Waals surface area (Å²) in [7, 11) is 0. The van der Waals surface area contributed by atoms with Gasteiger partial charge in [-0.05, 0) is 62.4 Å². The van der Waals surface area contributed by atoms with Crippen molar-refractivity contribution in [3.05, 3.63) is 35.0 Å². The maximum atomic E-state index is 12.3. The van der Waals surface area contributed by atoms with E-state index in [0.29, 0.717) is 12.5 Å². The summed E-state index contributed by atoms with van der Waals surface area (Å²) in [5, 5.41) is 1.19. The zero-order chi connectivity index (χ0) is 17.1. The molecule has 1 unspecified atom stereocenters. The smallest absolute Gasteiger partial charge is 0.164 e. The van der Waals surface area contributed by atoms with E-state index in [-0.39, 0.29) is 5.78 Å². The van der Waals surface area contributed by atoms with Gasteiger partial charge >= 0.3 is 0 Å². The molecule has 1 heterocycles. The van der Waals surface area contributed by atoms with Gasteiger partial charge in [0.15, 0.2) is 5.78 Å². The molecule has 0 amide bonds. The molecule has 3 rings (SSSR count). The summed E-state index contributed by atoms with van der Waals surface area (Å²) < 4.78 is 0. The number of rotatable bonds is 7. The summed E-state index contributed by atoms with van der Waals surface area (Å²) in [6, 6.07) is 5.09. The Balaban J connectivity index is 1.94. The molecule has 1 atom stereocenters. The van der Waals surface area contributed by atoms with Crippen molar-refractivity contribution < 1.29 is 4.79 Å². The Kier molecular flexibility index (Phi) is 5.40. The lowest BCUT2D eigenvalue weighted by Crippen LogP contribution is -2.40. The molecule has 0 saturated carbocycles. The van der Waals surface area contributed by atoms with Crippen LogP contribution < -0.4 is 0 Å². The number of hydrogen-bond acceptors (Lipinski definition) is 2. The molecule has 1 N–H and O–H groups in total. The molecular weight excluding hydrogens is 296 g/mol. The maximum Gasteiger partial charge on any atom is 0.164 e. The van der Waals surface area contributed by atoms with Crippen LogP contribution in [0.5, 0.6) is 0 Å². The third-order valence-electron chi connectivity index (χ3n) is 5.39. The van der Waals surface area contributed by atoms with Crippen molar-refractivity contribution in [2.45, 2.75) is 65.3 Å². The van der Waals surface area contributed by atoms with Gasteiger partial charge in [0.1, 0.15) is 0 Å². The van der Waals surface area contributed by atoms with Crippen LogP contribution in [0.15, 0.2) is 18.3 Å². The topological polar surface area (TPSA) is 36.1 Å². The molecule has 24 heavy (non-hydrogen) atoms. The molecule has 2 aromatic rings. The average Bonchev–Trinajstić information content (AvgIpc) is 3.05. The van der Waals surface area contributed by atoms with Crippen LogP contribution in [0.2, 0.25) is 0 Å². The van der Waals surface area contributed by atoms with Crippen molar-refractivity contribution >= 4 is 16.7 Å². The summed E-state index contributed by atoms with van der Waals surface area (Å²) in [6.07, 6.45) is 8.32. The number of benzene rings is 1. The van der Waals surface area contributed by atoms with E-state index in [1.54, 1.807) is 0 Å². The van der Waals surface area contributed by atoms with E-state index in [4.69, 9.17) is 0 Å². The molecule has 3 heteroatoms. The van der Waals surface area contributed by atoms with Crippen LogP contribution >= 0.6 is 0 Å². The lowest BCUT2D eigenvalue weighted by atomic mass is 9.84. The van der Waals surface area contributed by atoms with E-state index in [2.05, 4.69) is 35.9 Å². The molecular formula is C21H30N2O. The highest BCUT2D eigenvalue weighted by molar-refractivity contribution is 6.09. The van der Waals surface area contributed by atoms with E-state index in [9.17, 15) is 4.79 Å². The first-order valence-electron chi connectivity index (χ1n) is 9.58. The third-order valence-corrected chi connectivity index (χ3v) is 5.39. The summed E-state index contributed by atoms with van der Waals surface area (Å²) in [5.41, 5.74) is 4.86. The molecule has 1 aromatic carbocycles. The van der Waals surface area contributed by atoms with E-state index in [1.165, 1.54) is 48.9 Å². The number of aryl methyl sites for hydroxylation is 1. The Morgan fingerprint density at radius 1 is 1.21 bits per heavy atom. The number of fused-ring (bicyclic) bond motifs is 3. The minimum atomic E-state index is 0.246. The first-order valence-corrected chi connectivity index (χ1v) is 9.58. The highest BCUT2D eigenvalue weighted by atomic mass is 16.1. The highest BCUT2D eigenvalue weighted by Crippen LogP contribution is 2.33. The van der Waals surface area contributed by atoms with Gasteiger partial charge in [0.05, 0.1) is 0 Å². The Morgan fingerprint density at radius 2 is 1.96 bits per heavy atom. The normalized spacial score (nSPS) is 17.4. The molecule has 1 aromatic heterocycles. The van der Waals surface area contributed by atoms with Crippen LogP contribution in [0.1, 0.15) is 67.9 Å². The monoisotopic (exact) mass is 326 g/mol. The molecule has 1 aliphatic rings. The maximum absolute atomic E-state index is 12.3. The number of H-pyrrole nitrogens is 1. The summed E-state index contributed by atoms with van der Waals surface area (Å²) >= 11 is 0. The molecule has 1 aliphatic carbocycles. The van der Waals surface area contributed by atoms with Crippen molar-refractivity contribution in [1.82, 2.24) is 9.88 Å². The van der Waals surface area contributed by atoms with Crippen LogP contribution in [0.25, 0.3) is 10.9 Å². The molecule has 0 saturated heterocycles. The summed E-state index contributed by atoms with van der Waals surface area (Å²) in [5.74, 6) is 0.246. The predicted molar refractivity (Wildman–Crippen MR) is 101 cm³/mol. The summed E-state index contributed by atoms with van der Waals surface area (Å²) in [6.45, 7) is 8.87. The first kappa shape index (κ1) is 17.2. The van der Waals surface area contributed by atoms with Gasteiger partial charge in [-0.1, -0.05) is 26.8 Å². The number of nitrogens with one attached hydrogen (secondary N) is 1. The fourth-order valence-electron chi connectivity index (χ4n) is 4.26. The number of carbonyl (C=O) groups excluding carboxylic acids is 1. The van der Waals surface area contributed by atoms with Gasteiger partial charge in [-0.3, -0.25) is 4.79 Å². The van der Waals surface area contributed by atoms with Crippen LogP contribution in [0.3, 0.4) is 0 Å². The average molecular weight is 326 g/mol. The fourth-order valence-corrected chi connectivity index (χ4v) is 4.26. The van der Waals surface area contributed by atoms with Crippen molar-refractivity contribution in [2.75, 3.05) is 13.1 Å². The minimum absolute atomic E-state index is 0.246. The second kappa shape index (κ2) is 7.52. The van der Waals surface area contributed by atoms with Gasteiger partial charge in [-0.25, -0.2) is 0 Å². The molecule has 0 fully saturated rings. The molecule has 0 spiro atoms. The van der Waals surface area contributed by atoms with E-state index < -0.39 is 0 Å². The number of hydrogen-bond donors (Lipinski definition) is 1. The molecule has 130 valence electrons. The van der Waals surface area contributed by atoms with Crippen molar-refractivity contribution in [1.29, 1.82) is 0 Å². The third kappa shape index (κ3) is 3.14. The number of carbonyl (C=O) groups is 1. The lowest BCUT2D eigenvalue weighted by Gasteiger charge is -2.35. The van der Waals surface area contributed by atoms with Crippen molar-refractivity contribution in [2.24, 2.45) is 0 Å². The van der Waals surface area contributed by atoms with Crippen LogP contribution in [-0.4, -0.2) is 34.8 Å². The van der Waals surface area contributed by atoms with Gasteiger partial charge in [0.25, 0.3) is 0 Å². The van der Waals surface area contributed by atoms with Crippen LogP contribution in [0.4, 0.5) is 0 Å². The zero-order valence-corrected chi connectivity index (χ0v) is 15.3. The second-order valence-corrected chi connectivity index (χ2v) is 7.04. The minimum Gasteiger partial charge on any atom is -0.360 e. The highest BCUT2D eigenvalue weighted by Gasteiger charge is 2.26. The van der Waals surface area contributed by atoms with Crippen molar-refractivity contribution in [3.63, 3.8) is 0 Å². The van der Waals surface area contributed by atoms with E-state index in [1.807, 2.05) is 13.1 Å². The molecule has 0 bridgehead atoms. The zero-order valence-electron chi connectivity index (χ0n) is 15.3. The van der Waals surface area contributed by atoms with Gasteiger partial charge in [0, 0.05) is 35.1 Å². The summed E-state index contributed by atoms with van der Waals surface area (Å²) in [4.78, 5) is 18.3. The fraction of sp³-hybridized carbons (Fsp3) is 0.571. The predicted octanol–water partition coefficient (Wildman–Crippen LogP) is 4.74. The number of aromatic nitrogens is 1. The van der Waals surface area contributed by atoms with Crippen LogP contribution in [-0.2, 0) is 12.8 Å². The lowest BCUT2D eigenvalue weighted by molar-refractivity contribution is 0.0989. The van der Waals surface area contributed by atoms with Gasteiger partial charge in [-0.2, -0.15) is 0 Å². The molecule has 0 aliphatic heterocycles. The molecule has 3 nitrogen and oxygen atoms in total. The second-order valence-electron chi connectivity index (χ2n) is 7.04. The van der Waals surface area contributed by atoms with Gasteiger partial charge in [0.2, 0.25) is 0 Å². The number of aromatic amines is 1. The standard InChI is InChI=1S/C21H30N2O/c1-4-11-23(12-5-2)16-8-9-17-15(13-16)7-10-19-21(17)18(14-22-19)20(24)6-3/h7,10,14,16,22H,4-6,8-9,11-13H2,1-3H3. The van der Waals surface area contributed by atoms with E-state index >= 15 is 0 Å². The van der Waals surface area contributed by atoms with Gasteiger partial charge < -0.3 is 9.88 Å². The number of ketones is 1.